The molecule has 1 heterocycles. The first-order valence-corrected chi connectivity index (χ1v) is 10.4. The van der Waals surface area contributed by atoms with Gasteiger partial charge in [0.05, 0.1) is 0 Å². The van der Waals surface area contributed by atoms with E-state index in [1.165, 1.54) is 18.9 Å². The Bertz CT molecular complexity index is 633. The number of hydrogen-bond donors (Lipinski definition) is 1. The summed E-state index contributed by atoms with van der Waals surface area (Å²) in [6.45, 7) is 2.25. The molecule has 3 rings (SSSR count). The molecular formula is C22H31FN2O2. The molecule has 1 saturated carbocycles. The first-order chi connectivity index (χ1) is 13.1. The van der Waals surface area contributed by atoms with Crippen LogP contribution < -0.4 is 5.32 Å². The normalized spacial score (nSPS) is 23.5. The van der Waals surface area contributed by atoms with E-state index in [2.05, 4.69) is 5.32 Å². The minimum Gasteiger partial charge on any atom is -0.356 e. The highest BCUT2D eigenvalue weighted by Crippen LogP contribution is 2.30. The molecule has 2 aliphatic rings. The van der Waals surface area contributed by atoms with Gasteiger partial charge in [-0.2, -0.15) is 0 Å². The molecule has 27 heavy (non-hydrogen) atoms. The van der Waals surface area contributed by atoms with Crippen molar-refractivity contribution in [1.82, 2.24) is 10.2 Å². The predicted molar refractivity (Wildman–Crippen MR) is 104 cm³/mol. The van der Waals surface area contributed by atoms with Crippen LogP contribution in [0.1, 0.15) is 56.9 Å². The van der Waals surface area contributed by atoms with E-state index in [-0.39, 0.29) is 23.6 Å². The summed E-state index contributed by atoms with van der Waals surface area (Å²) in [4.78, 5) is 27.2. The number of nitrogens with zero attached hydrogens (tertiary/aromatic N) is 1. The Morgan fingerprint density at radius 3 is 2.26 bits per heavy atom. The zero-order valence-corrected chi connectivity index (χ0v) is 16.1. The molecule has 2 amide bonds. The lowest BCUT2D eigenvalue weighted by Crippen LogP contribution is -2.40. The van der Waals surface area contributed by atoms with Gasteiger partial charge in [-0.05, 0) is 56.6 Å². The van der Waals surface area contributed by atoms with Crippen molar-refractivity contribution < 1.29 is 14.0 Å². The second-order valence-electron chi connectivity index (χ2n) is 7.92. The number of carbonyl (C=O) groups excluding carboxylic acids is 2. The van der Waals surface area contributed by atoms with E-state index < -0.39 is 0 Å². The summed E-state index contributed by atoms with van der Waals surface area (Å²) in [5, 5.41) is 2.94. The van der Waals surface area contributed by atoms with Crippen LogP contribution in [0.25, 0.3) is 0 Å². The van der Waals surface area contributed by atoms with E-state index in [9.17, 15) is 14.0 Å². The molecule has 0 spiro atoms. The molecule has 4 nitrogen and oxygen atoms in total. The van der Waals surface area contributed by atoms with Crippen LogP contribution in [0, 0.1) is 17.7 Å². The highest BCUT2D eigenvalue weighted by molar-refractivity contribution is 5.81. The molecule has 1 aromatic carbocycles. The molecule has 0 atom stereocenters. The van der Waals surface area contributed by atoms with Crippen molar-refractivity contribution in [2.24, 2.45) is 11.8 Å². The summed E-state index contributed by atoms with van der Waals surface area (Å²) in [7, 11) is 0. The van der Waals surface area contributed by atoms with Crippen LogP contribution in [0.4, 0.5) is 4.39 Å². The lowest BCUT2D eigenvalue weighted by atomic mass is 9.81. The van der Waals surface area contributed by atoms with Crippen LogP contribution >= 0.6 is 0 Å². The Kier molecular flexibility index (Phi) is 7.25. The fourth-order valence-corrected chi connectivity index (χ4v) is 4.32. The topological polar surface area (TPSA) is 49.4 Å². The number of benzene rings is 1. The van der Waals surface area contributed by atoms with E-state index in [0.29, 0.717) is 24.4 Å². The van der Waals surface area contributed by atoms with Crippen molar-refractivity contribution in [3.05, 3.63) is 35.6 Å². The number of likely N-dealkylation sites (tertiary alicyclic amines) is 1. The van der Waals surface area contributed by atoms with Crippen molar-refractivity contribution in [3.8, 4) is 0 Å². The molecule has 0 bridgehead atoms. The Balaban J connectivity index is 1.39. The van der Waals surface area contributed by atoms with Gasteiger partial charge in [0.2, 0.25) is 11.8 Å². The van der Waals surface area contributed by atoms with Crippen LogP contribution in [-0.2, 0) is 16.0 Å². The Hall–Kier alpha value is -1.91. The van der Waals surface area contributed by atoms with Crippen molar-refractivity contribution in [3.63, 3.8) is 0 Å². The number of nitrogens with one attached hydrogen (secondary N) is 1. The van der Waals surface area contributed by atoms with Gasteiger partial charge >= 0.3 is 0 Å². The third kappa shape index (κ3) is 5.53. The van der Waals surface area contributed by atoms with E-state index in [1.54, 1.807) is 12.1 Å². The average Bonchev–Trinajstić information content (AvgIpc) is 2.98. The zero-order valence-electron chi connectivity index (χ0n) is 16.1. The minimum absolute atomic E-state index is 0.0150. The van der Waals surface area contributed by atoms with Crippen LogP contribution in [0.5, 0.6) is 0 Å². The Labute approximate surface area is 161 Å². The largest absolute Gasteiger partial charge is 0.356 e. The Morgan fingerprint density at radius 1 is 0.963 bits per heavy atom. The lowest BCUT2D eigenvalue weighted by molar-refractivity contribution is -0.138. The maximum absolute atomic E-state index is 13.6. The van der Waals surface area contributed by atoms with E-state index in [4.69, 9.17) is 0 Å². The number of carbonyl (C=O) groups is 2. The van der Waals surface area contributed by atoms with Gasteiger partial charge < -0.3 is 10.2 Å². The number of hydrogen-bond acceptors (Lipinski definition) is 2. The van der Waals surface area contributed by atoms with E-state index >= 15 is 0 Å². The van der Waals surface area contributed by atoms with Gasteiger partial charge in [-0.1, -0.05) is 31.0 Å². The highest BCUT2D eigenvalue weighted by Gasteiger charge is 2.32. The van der Waals surface area contributed by atoms with Crippen LogP contribution in [0.15, 0.2) is 24.3 Å². The number of halogens is 1. The molecule has 1 aliphatic heterocycles. The monoisotopic (exact) mass is 374 g/mol. The maximum atomic E-state index is 13.6. The molecule has 1 saturated heterocycles. The van der Waals surface area contributed by atoms with Crippen molar-refractivity contribution >= 4 is 11.8 Å². The zero-order chi connectivity index (χ0) is 19.1. The summed E-state index contributed by atoms with van der Waals surface area (Å²) < 4.78 is 13.6. The van der Waals surface area contributed by atoms with Gasteiger partial charge in [-0.25, -0.2) is 4.39 Å². The van der Waals surface area contributed by atoms with Gasteiger partial charge in [0.25, 0.3) is 0 Å². The molecule has 148 valence electrons. The van der Waals surface area contributed by atoms with Gasteiger partial charge in [0.15, 0.2) is 0 Å². The van der Waals surface area contributed by atoms with Gasteiger partial charge in [-0.3, -0.25) is 9.59 Å². The summed E-state index contributed by atoms with van der Waals surface area (Å²) in [6.07, 6.45) is 8.35. The second kappa shape index (κ2) is 9.86. The Morgan fingerprint density at radius 2 is 1.59 bits per heavy atom. The predicted octanol–water partition coefficient (Wildman–Crippen LogP) is 3.69. The number of amides is 2. The molecule has 1 N–H and O–H groups in total. The SMILES string of the molecule is O=C(NCCc1ccccc1F)C1CCC(C(=O)N2CCCCCC2)CC1. The van der Waals surface area contributed by atoms with Crippen molar-refractivity contribution in [2.75, 3.05) is 19.6 Å². The molecule has 1 aliphatic carbocycles. The number of rotatable bonds is 5. The molecular weight excluding hydrogens is 343 g/mol. The molecule has 0 aromatic heterocycles. The van der Waals surface area contributed by atoms with Gasteiger partial charge in [0.1, 0.15) is 5.82 Å². The average molecular weight is 375 g/mol. The second-order valence-corrected chi connectivity index (χ2v) is 7.92. The molecule has 5 heteroatoms. The first-order valence-electron chi connectivity index (χ1n) is 10.4. The van der Waals surface area contributed by atoms with Gasteiger partial charge in [-0.15, -0.1) is 0 Å². The third-order valence-corrected chi connectivity index (χ3v) is 6.02. The minimum atomic E-state index is -0.223. The summed E-state index contributed by atoms with van der Waals surface area (Å²) in [6, 6.07) is 6.67. The summed E-state index contributed by atoms with van der Waals surface area (Å²) in [5.41, 5.74) is 0.629. The molecule has 2 fully saturated rings. The molecule has 1 aromatic rings. The summed E-state index contributed by atoms with van der Waals surface area (Å²) in [5.74, 6) is 0.200. The van der Waals surface area contributed by atoms with Crippen LogP contribution in [-0.4, -0.2) is 36.3 Å². The quantitative estimate of drug-likeness (QED) is 0.854. The van der Waals surface area contributed by atoms with E-state index in [0.717, 1.165) is 51.6 Å². The highest BCUT2D eigenvalue weighted by atomic mass is 19.1. The standard InChI is InChI=1S/C22H31FN2O2/c23-20-8-4-3-7-17(20)13-14-24-21(26)18-9-11-19(12-10-18)22(27)25-15-5-1-2-6-16-25/h3-4,7-8,18-19H,1-2,5-6,9-16H2,(H,24,26). The third-order valence-electron chi connectivity index (χ3n) is 6.02. The first kappa shape index (κ1) is 19.8. The summed E-state index contributed by atoms with van der Waals surface area (Å²) >= 11 is 0. The smallest absolute Gasteiger partial charge is 0.225 e. The van der Waals surface area contributed by atoms with Crippen LogP contribution in [0.3, 0.4) is 0 Å². The fraction of sp³-hybridized carbons (Fsp3) is 0.636. The molecule has 0 unspecified atom stereocenters. The van der Waals surface area contributed by atoms with Gasteiger partial charge in [0, 0.05) is 31.5 Å². The molecule has 0 radical (unpaired) electrons. The van der Waals surface area contributed by atoms with Crippen molar-refractivity contribution in [2.45, 2.75) is 57.8 Å². The van der Waals surface area contributed by atoms with Crippen molar-refractivity contribution in [1.29, 1.82) is 0 Å². The lowest BCUT2D eigenvalue weighted by Gasteiger charge is -2.31. The van der Waals surface area contributed by atoms with Crippen LogP contribution in [0.2, 0.25) is 0 Å². The maximum Gasteiger partial charge on any atom is 0.225 e. The van der Waals surface area contributed by atoms with E-state index in [1.807, 2.05) is 11.0 Å². The fourth-order valence-electron chi connectivity index (χ4n) is 4.32.